The molecule has 20 heavy (non-hydrogen) atoms. The number of rotatable bonds is 5. The van der Waals surface area contributed by atoms with Gasteiger partial charge >= 0.3 is 11.8 Å². The van der Waals surface area contributed by atoms with Crippen LogP contribution in [0.3, 0.4) is 0 Å². The lowest BCUT2D eigenvalue weighted by Crippen LogP contribution is -2.13. The molecule has 0 fully saturated rings. The Bertz CT molecular complexity index is 628. The van der Waals surface area contributed by atoms with Crippen LogP contribution >= 0.6 is 11.8 Å². The fourth-order valence-electron chi connectivity index (χ4n) is 1.20. The van der Waals surface area contributed by atoms with Gasteiger partial charge in [-0.3, -0.25) is 4.79 Å². The zero-order valence-corrected chi connectivity index (χ0v) is 11.0. The number of hydrogen-bond donors (Lipinski definition) is 0. The molecular weight excluding hydrogens is 288 g/mol. The molecule has 0 spiro atoms. The van der Waals surface area contributed by atoms with Crippen molar-refractivity contribution in [2.24, 2.45) is 0 Å². The Kier molecular flexibility index (Phi) is 4.20. The van der Waals surface area contributed by atoms with Gasteiger partial charge in [-0.15, -0.1) is 5.10 Å². The van der Waals surface area contributed by atoms with Crippen LogP contribution in [0, 0.1) is 10.1 Å². The third kappa shape index (κ3) is 3.26. The van der Waals surface area contributed by atoms with Crippen LogP contribution < -0.4 is 0 Å². The summed E-state index contributed by atoms with van der Waals surface area (Å²) in [4.78, 5) is 25.4. The fraction of sp³-hybridized carbons (Fsp3) is 0.222. The number of ether oxygens (including phenoxy) is 1. The topological polar surface area (TPSA) is 126 Å². The molecule has 0 saturated heterocycles. The van der Waals surface area contributed by atoms with Crippen molar-refractivity contribution in [1.82, 2.24) is 25.2 Å². The van der Waals surface area contributed by atoms with Crippen LogP contribution in [0.1, 0.15) is 0 Å². The first kappa shape index (κ1) is 13.9. The summed E-state index contributed by atoms with van der Waals surface area (Å²) < 4.78 is 5.78. The molecule has 2 aromatic rings. The number of hydrogen-bond acceptors (Lipinski definition) is 9. The van der Waals surface area contributed by atoms with Gasteiger partial charge in [-0.1, -0.05) is 0 Å². The molecule has 104 valence electrons. The maximum absolute atomic E-state index is 11.2. The highest BCUT2D eigenvalue weighted by molar-refractivity contribution is 7.99. The average Bonchev–Trinajstić information content (AvgIpc) is 2.86. The predicted molar refractivity (Wildman–Crippen MR) is 64.8 cm³/mol. The summed E-state index contributed by atoms with van der Waals surface area (Å²) in [5.41, 5.74) is 0. The van der Waals surface area contributed by atoms with E-state index in [1.807, 2.05) is 0 Å². The van der Waals surface area contributed by atoms with Crippen LogP contribution in [0.5, 0.6) is 0 Å². The van der Waals surface area contributed by atoms with E-state index in [1.54, 1.807) is 0 Å². The van der Waals surface area contributed by atoms with Gasteiger partial charge in [0.05, 0.1) is 12.0 Å². The number of tetrazole rings is 1. The molecule has 0 aromatic carbocycles. The van der Waals surface area contributed by atoms with E-state index in [1.165, 1.54) is 30.1 Å². The van der Waals surface area contributed by atoms with Gasteiger partial charge < -0.3 is 14.9 Å². The largest absolute Gasteiger partial charge is 0.468 e. The highest BCUT2D eigenvalue weighted by atomic mass is 32.2. The van der Waals surface area contributed by atoms with Gasteiger partial charge in [0.1, 0.15) is 6.54 Å². The van der Waals surface area contributed by atoms with E-state index >= 15 is 0 Å². The maximum atomic E-state index is 11.2. The Labute approximate surface area is 116 Å². The molecule has 0 radical (unpaired) electrons. The van der Waals surface area contributed by atoms with Crippen molar-refractivity contribution in [2.75, 3.05) is 7.11 Å². The van der Waals surface area contributed by atoms with E-state index in [0.29, 0.717) is 10.1 Å². The molecule has 0 bridgehead atoms. The number of nitro groups is 1. The van der Waals surface area contributed by atoms with Crippen molar-refractivity contribution in [3.05, 3.63) is 28.4 Å². The van der Waals surface area contributed by atoms with E-state index in [2.05, 4.69) is 25.2 Å². The molecule has 0 aliphatic rings. The molecule has 2 heterocycles. The monoisotopic (exact) mass is 296 g/mol. The van der Waals surface area contributed by atoms with Crippen molar-refractivity contribution < 1.29 is 14.5 Å². The summed E-state index contributed by atoms with van der Waals surface area (Å²) in [5.74, 6) is -0.732. The molecule has 0 N–H and O–H groups in total. The van der Waals surface area contributed by atoms with Crippen molar-refractivity contribution in [1.29, 1.82) is 0 Å². The molecule has 10 nitrogen and oxygen atoms in total. The minimum absolute atomic E-state index is 0.119. The molecule has 2 aromatic heterocycles. The Hall–Kier alpha value is -2.56. The van der Waals surface area contributed by atoms with Crippen molar-refractivity contribution >= 4 is 23.5 Å². The lowest BCUT2D eigenvalue weighted by molar-refractivity contribution is -0.389. The highest BCUT2D eigenvalue weighted by Gasteiger charge is 2.14. The quantitative estimate of drug-likeness (QED) is 0.435. The third-order valence-corrected chi connectivity index (χ3v) is 3.07. The van der Waals surface area contributed by atoms with Crippen LogP contribution in [-0.2, 0) is 16.1 Å². The van der Waals surface area contributed by atoms with Gasteiger partial charge in [0.15, 0.2) is 6.20 Å². The summed E-state index contributed by atoms with van der Waals surface area (Å²) in [5, 5.41) is 21.7. The summed E-state index contributed by atoms with van der Waals surface area (Å²) in [6.45, 7) is -0.119. The molecule has 0 atom stereocenters. The standard InChI is InChI=1S/C9H8N6O4S/c1-19-8(16)5-14-9(11-12-13-14)20-6-2-3-7(10-4-6)15(17)18/h2-4H,5H2,1H3. The second-order valence-electron chi connectivity index (χ2n) is 3.41. The fourth-order valence-corrected chi connectivity index (χ4v) is 1.94. The number of esters is 1. The highest BCUT2D eigenvalue weighted by Crippen LogP contribution is 2.25. The second kappa shape index (κ2) is 6.06. The van der Waals surface area contributed by atoms with Crippen LogP contribution in [0.4, 0.5) is 5.82 Å². The van der Waals surface area contributed by atoms with Gasteiger partial charge in [-0.2, -0.15) is 0 Å². The minimum atomic E-state index is -0.588. The first-order valence-corrected chi connectivity index (χ1v) is 6.03. The number of methoxy groups -OCH3 is 1. The smallest absolute Gasteiger partial charge is 0.363 e. The Morgan fingerprint density at radius 2 is 2.35 bits per heavy atom. The predicted octanol–water partition coefficient (Wildman–Crippen LogP) is 0.300. The van der Waals surface area contributed by atoms with E-state index in [0.717, 1.165) is 11.8 Å². The first-order chi connectivity index (χ1) is 9.60. The summed E-state index contributed by atoms with van der Waals surface area (Å²) >= 11 is 1.13. The van der Waals surface area contributed by atoms with Crippen molar-refractivity contribution in [3.8, 4) is 0 Å². The number of pyridine rings is 1. The number of carbonyl (C=O) groups is 1. The second-order valence-corrected chi connectivity index (χ2v) is 4.45. The number of nitrogens with zero attached hydrogens (tertiary/aromatic N) is 6. The molecule has 11 heteroatoms. The van der Waals surface area contributed by atoms with E-state index in [4.69, 9.17) is 0 Å². The lowest BCUT2D eigenvalue weighted by Gasteiger charge is -2.01. The summed E-state index contributed by atoms with van der Waals surface area (Å²) in [6, 6.07) is 2.80. The van der Waals surface area contributed by atoms with Crippen molar-refractivity contribution in [3.63, 3.8) is 0 Å². The van der Waals surface area contributed by atoms with E-state index in [9.17, 15) is 14.9 Å². The summed E-state index contributed by atoms with van der Waals surface area (Å²) in [7, 11) is 1.26. The maximum Gasteiger partial charge on any atom is 0.363 e. The average molecular weight is 296 g/mol. The van der Waals surface area contributed by atoms with Gasteiger partial charge in [0.25, 0.3) is 0 Å². The molecular formula is C9H8N6O4S. The molecule has 0 aliphatic carbocycles. The molecule has 2 rings (SSSR count). The van der Waals surface area contributed by atoms with Crippen LogP contribution in [0.15, 0.2) is 28.4 Å². The van der Waals surface area contributed by atoms with Crippen LogP contribution in [-0.4, -0.2) is 43.2 Å². The first-order valence-electron chi connectivity index (χ1n) is 5.21. The molecule has 0 unspecified atom stereocenters. The van der Waals surface area contributed by atoms with Crippen molar-refractivity contribution in [2.45, 2.75) is 16.6 Å². The summed E-state index contributed by atoms with van der Waals surface area (Å²) in [6.07, 6.45) is 1.33. The van der Waals surface area contributed by atoms with E-state index < -0.39 is 10.9 Å². The number of aromatic nitrogens is 5. The van der Waals surface area contributed by atoms with Gasteiger partial charge in [-0.05, 0) is 38.2 Å². The Morgan fingerprint density at radius 3 is 2.95 bits per heavy atom. The lowest BCUT2D eigenvalue weighted by atomic mass is 10.5. The normalized spacial score (nSPS) is 10.2. The molecule has 0 amide bonds. The van der Waals surface area contributed by atoms with E-state index in [-0.39, 0.29) is 12.4 Å². The Morgan fingerprint density at radius 1 is 1.55 bits per heavy atom. The van der Waals surface area contributed by atoms with Crippen LogP contribution in [0.25, 0.3) is 0 Å². The van der Waals surface area contributed by atoms with Gasteiger partial charge in [0, 0.05) is 6.07 Å². The minimum Gasteiger partial charge on any atom is -0.468 e. The van der Waals surface area contributed by atoms with Gasteiger partial charge in [-0.25, -0.2) is 4.68 Å². The van der Waals surface area contributed by atoms with Gasteiger partial charge in [0.2, 0.25) is 5.16 Å². The SMILES string of the molecule is COC(=O)Cn1nnnc1Sc1ccc([N+](=O)[O-])nc1. The number of carbonyl (C=O) groups excluding carboxylic acids is 1. The Balaban J connectivity index is 2.12. The van der Waals surface area contributed by atoms with Crippen LogP contribution in [0.2, 0.25) is 0 Å². The zero-order valence-electron chi connectivity index (χ0n) is 10.2. The molecule has 0 saturated carbocycles. The molecule has 0 aliphatic heterocycles. The third-order valence-electron chi connectivity index (χ3n) is 2.12. The zero-order chi connectivity index (χ0) is 14.5.